The highest BCUT2D eigenvalue weighted by atomic mass is 16.5. The number of hydrogen-bond acceptors (Lipinski definition) is 5. The molecule has 3 aromatic rings. The maximum absolute atomic E-state index is 12.5. The second kappa shape index (κ2) is 5.90. The highest BCUT2D eigenvalue weighted by Crippen LogP contribution is 2.31. The predicted molar refractivity (Wildman–Crippen MR) is 86.1 cm³/mol. The summed E-state index contributed by atoms with van der Waals surface area (Å²) in [6.45, 7) is 0. The molecule has 1 aromatic heterocycles. The van der Waals surface area contributed by atoms with E-state index < -0.39 is 6.10 Å². The van der Waals surface area contributed by atoms with Gasteiger partial charge < -0.3 is 14.9 Å². The number of nitrogens with one attached hydrogen (secondary N) is 1. The van der Waals surface area contributed by atoms with Crippen LogP contribution >= 0.6 is 0 Å². The van der Waals surface area contributed by atoms with Crippen molar-refractivity contribution in [1.29, 1.82) is 0 Å². The third kappa shape index (κ3) is 2.57. The molecule has 0 bridgehead atoms. The Kier molecular flexibility index (Phi) is 3.59. The summed E-state index contributed by atoms with van der Waals surface area (Å²) in [6, 6.07) is 14.3. The molecular weight excluding hydrogens is 306 g/mol. The first-order valence-corrected chi connectivity index (χ1v) is 7.66. The van der Waals surface area contributed by atoms with Gasteiger partial charge in [-0.2, -0.15) is 4.98 Å². The molecule has 1 aliphatic carbocycles. The second-order valence-electron chi connectivity index (χ2n) is 5.75. The molecule has 6 nitrogen and oxygen atoms in total. The highest BCUT2D eigenvalue weighted by Gasteiger charge is 2.31. The Morgan fingerprint density at radius 3 is 2.71 bits per heavy atom. The minimum absolute atomic E-state index is 0.226. The minimum atomic E-state index is -0.607. The van der Waals surface area contributed by atoms with Crippen molar-refractivity contribution < 1.29 is 14.4 Å². The summed E-state index contributed by atoms with van der Waals surface area (Å²) in [4.78, 5) is 16.4. The molecule has 1 aliphatic rings. The number of fused-ring (bicyclic) bond motifs is 1. The fourth-order valence-corrected chi connectivity index (χ4v) is 3.04. The monoisotopic (exact) mass is 321 g/mol. The normalized spacial score (nSPS) is 19.0. The quantitative estimate of drug-likeness (QED) is 0.771. The number of carbonyl (C=O) groups is 1. The van der Waals surface area contributed by atoms with Crippen molar-refractivity contribution >= 4 is 5.91 Å². The van der Waals surface area contributed by atoms with Gasteiger partial charge in [0.2, 0.25) is 12.2 Å². The largest absolute Gasteiger partial charge is 0.390 e. The average molecular weight is 321 g/mol. The lowest BCUT2D eigenvalue weighted by molar-refractivity contribution is 0.0858. The lowest BCUT2D eigenvalue weighted by Crippen LogP contribution is -2.33. The molecule has 2 N–H and O–H groups in total. The number of carbonyl (C=O) groups excluding carboxylic acids is 1. The summed E-state index contributed by atoms with van der Waals surface area (Å²) < 4.78 is 4.71. The number of nitrogens with zero attached hydrogens (tertiary/aromatic N) is 2. The van der Waals surface area contributed by atoms with Crippen LogP contribution in [0.2, 0.25) is 0 Å². The summed E-state index contributed by atoms with van der Waals surface area (Å²) >= 11 is 0. The maximum atomic E-state index is 12.5. The molecule has 0 unspecified atom stereocenters. The Hall–Kier alpha value is -2.99. The van der Waals surface area contributed by atoms with Gasteiger partial charge in [-0.15, -0.1) is 0 Å². The van der Waals surface area contributed by atoms with Crippen LogP contribution in [0.15, 0.2) is 59.4 Å². The number of aromatic nitrogens is 2. The number of hydrogen-bond donors (Lipinski definition) is 2. The van der Waals surface area contributed by atoms with E-state index in [9.17, 15) is 9.90 Å². The average Bonchev–Trinajstić information content (AvgIpc) is 3.24. The molecule has 0 radical (unpaired) electrons. The van der Waals surface area contributed by atoms with E-state index in [1.165, 1.54) is 6.39 Å². The van der Waals surface area contributed by atoms with E-state index in [0.717, 1.165) is 16.7 Å². The minimum Gasteiger partial charge on any atom is -0.390 e. The van der Waals surface area contributed by atoms with Gasteiger partial charge in [0.05, 0.1) is 12.1 Å². The lowest BCUT2D eigenvalue weighted by Gasteiger charge is -2.18. The van der Waals surface area contributed by atoms with Crippen molar-refractivity contribution in [2.24, 2.45) is 0 Å². The molecule has 0 saturated heterocycles. The van der Waals surface area contributed by atoms with Crippen LogP contribution in [-0.4, -0.2) is 27.3 Å². The van der Waals surface area contributed by atoms with Crippen LogP contribution in [0.5, 0.6) is 0 Å². The van der Waals surface area contributed by atoms with Crippen LogP contribution < -0.4 is 5.32 Å². The van der Waals surface area contributed by atoms with Crippen molar-refractivity contribution in [3.63, 3.8) is 0 Å². The van der Waals surface area contributed by atoms with E-state index in [0.29, 0.717) is 17.8 Å². The lowest BCUT2D eigenvalue weighted by atomic mass is 10.1. The SMILES string of the molecule is O=C(N[C@H]1c2ccccc2C[C@H]1O)c1ccc(-c2ncon2)cc1. The van der Waals surface area contributed by atoms with Gasteiger partial charge in [0, 0.05) is 17.5 Å². The molecule has 0 saturated carbocycles. The number of aliphatic hydroxyl groups is 1. The fourth-order valence-electron chi connectivity index (χ4n) is 3.04. The summed E-state index contributed by atoms with van der Waals surface area (Å²) in [5.41, 5.74) is 3.33. The summed E-state index contributed by atoms with van der Waals surface area (Å²) in [5.74, 6) is 0.248. The molecule has 6 heteroatoms. The molecule has 1 amide bonds. The topological polar surface area (TPSA) is 88.2 Å². The zero-order valence-corrected chi connectivity index (χ0v) is 12.7. The molecule has 4 rings (SSSR count). The standard InChI is InChI=1S/C18H15N3O3/c22-15-9-13-3-1-2-4-14(13)16(15)20-18(23)12-7-5-11(6-8-12)17-19-10-24-21-17/h1-8,10,15-16,22H,9H2,(H,20,23)/t15-,16+/m1/s1. The number of amides is 1. The zero-order valence-electron chi connectivity index (χ0n) is 12.7. The van der Waals surface area contributed by atoms with Crippen LogP contribution in [0.1, 0.15) is 27.5 Å². The van der Waals surface area contributed by atoms with Crippen molar-refractivity contribution in [3.05, 3.63) is 71.6 Å². The van der Waals surface area contributed by atoms with Crippen molar-refractivity contribution in [1.82, 2.24) is 15.5 Å². The molecule has 2 aromatic carbocycles. The van der Waals surface area contributed by atoms with Gasteiger partial charge in [-0.25, -0.2) is 0 Å². The molecule has 0 aliphatic heterocycles. The van der Waals surface area contributed by atoms with E-state index >= 15 is 0 Å². The van der Waals surface area contributed by atoms with Gasteiger partial charge in [0.15, 0.2) is 0 Å². The first-order chi connectivity index (χ1) is 11.7. The fraction of sp³-hybridized carbons (Fsp3) is 0.167. The van der Waals surface area contributed by atoms with Gasteiger partial charge >= 0.3 is 0 Å². The third-order valence-corrected chi connectivity index (χ3v) is 4.26. The van der Waals surface area contributed by atoms with E-state index in [1.807, 2.05) is 24.3 Å². The van der Waals surface area contributed by atoms with E-state index in [4.69, 9.17) is 4.52 Å². The maximum Gasteiger partial charge on any atom is 0.251 e. The summed E-state index contributed by atoms with van der Waals surface area (Å²) in [7, 11) is 0. The molecule has 2 atom stereocenters. The van der Waals surface area contributed by atoms with Gasteiger partial charge in [-0.05, 0) is 23.3 Å². The Morgan fingerprint density at radius 1 is 1.17 bits per heavy atom. The van der Waals surface area contributed by atoms with Crippen LogP contribution in [-0.2, 0) is 6.42 Å². The molecule has 1 heterocycles. The first-order valence-electron chi connectivity index (χ1n) is 7.66. The van der Waals surface area contributed by atoms with E-state index in [-0.39, 0.29) is 11.9 Å². The summed E-state index contributed by atoms with van der Waals surface area (Å²) in [5, 5.41) is 16.9. The van der Waals surface area contributed by atoms with Crippen molar-refractivity contribution in [2.45, 2.75) is 18.6 Å². The molecule has 0 fully saturated rings. The van der Waals surface area contributed by atoms with Crippen LogP contribution in [0.3, 0.4) is 0 Å². The first kappa shape index (κ1) is 14.6. The van der Waals surface area contributed by atoms with Gasteiger partial charge in [-0.1, -0.05) is 41.6 Å². The van der Waals surface area contributed by atoms with E-state index in [1.54, 1.807) is 24.3 Å². The molecule has 120 valence electrons. The Balaban J connectivity index is 1.52. The van der Waals surface area contributed by atoms with Gasteiger partial charge in [0.1, 0.15) is 0 Å². The Labute approximate surface area is 138 Å². The predicted octanol–water partition coefficient (Wildman–Crippen LogP) is 2.12. The highest BCUT2D eigenvalue weighted by molar-refractivity contribution is 5.95. The van der Waals surface area contributed by atoms with Crippen molar-refractivity contribution in [3.8, 4) is 11.4 Å². The van der Waals surface area contributed by atoms with Gasteiger partial charge in [0.25, 0.3) is 5.91 Å². The summed E-state index contributed by atoms with van der Waals surface area (Å²) in [6.07, 6.45) is 1.21. The molecular formula is C18H15N3O3. The zero-order chi connectivity index (χ0) is 16.5. The van der Waals surface area contributed by atoms with E-state index in [2.05, 4.69) is 15.5 Å². The molecule has 24 heavy (non-hydrogen) atoms. The smallest absolute Gasteiger partial charge is 0.251 e. The Bertz CT molecular complexity index is 859. The Morgan fingerprint density at radius 2 is 1.96 bits per heavy atom. The second-order valence-corrected chi connectivity index (χ2v) is 5.75. The van der Waals surface area contributed by atoms with Crippen LogP contribution in [0.4, 0.5) is 0 Å². The van der Waals surface area contributed by atoms with Crippen molar-refractivity contribution in [2.75, 3.05) is 0 Å². The van der Waals surface area contributed by atoms with Crippen LogP contribution in [0, 0.1) is 0 Å². The number of rotatable bonds is 3. The number of benzene rings is 2. The molecule has 0 spiro atoms. The van der Waals surface area contributed by atoms with Gasteiger partial charge in [-0.3, -0.25) is 4.79 Å². The number of aliphatic hydroxyl groups excluding tert-OH is 1. The van der Waals surface area contributed by atoms with Crippen LogP contribution in [0.25, 0.3) is 11.4 Å². The third-order valence-electron chi connectivity index (χ3n) is 4.26.